The van der Waals surface area contributed by atoms with E-state index in [2.05, 4.69) is 62.6 Å². The number of hydrogen-bond donors (Lipinski definition) is 2. The lowest BCUT2D eigenvalue weighted by Gasteiger charge is -2.25. The number of halogens is 2. The average Bonchev–Trinajstić information content (AvgIpc) is 2.85. The number of aromatic amines is 1. The Morgan fingerprint density at radius 1 is 1.14 bits per heavy atom. The van der Waals surface area contributed by atoms with Crippen molar-refractivity contribution in [3.05, 3.63) is 68.8 Å². The SMILES string of the molecule is Clc1ccc2[nH]c3c(c2c1)CCNC3c1cccc(Br)c1. The van der Waals surface area contributed by atoms with Crippen LogP contribution in [-0.2, 0) is 6.42 Å². The van der Waals surface area contributed by atoms with Crippen LogP contribution in [0.4, 0.5) is 0 Å². The highest BCUT2D eigenvalue weighted by Crippen LogP contribution is 2.35. The first-order chi connectivity index (χ1) is 10.2. The standard InChI is InChI=1S/C17H14BrClN2/c18-11-3-1-2-10(8-11)16-17-13(6-7-20-16)14-9-12(19)4-5-15(14)21-17/h1-5,8-9,16,20-21H,6-7H2. The first-order valence-electron chi connectivity index (χ1n) is 7.01. The van der Waals surface area contributed by atoms with Crippen molar-refractivity contribution in [2.75, 3.05) is 6.54 Å². The molecule has 2 aromatic carbocycles. The van der Waals surface area contributed by atoms with E-state index in [-0.39, 0.29) is 6.04 Å². The van der Waals surface area contributed by atoms with Gasteiger partial charge in [0.1, 0.15) is 0 Å². The van der Waals surface area contributed by atoms with Crippen molar-refractivity contribution in [2.45, 2.75) is 12.5 Å². The van der Waals surface area contributed by atoms with Crippen molar-refractivity contribution < 1.29 is 0 Å². The second-order valence-electron chi connectivity index (χ2n) is 5.40. The van der Waals surface area contributed by atoms with Crippen LogP contribution < -0.4 is 5.32 Å². The van der Waals surface area contributed by atoms with Gasteiger partial charge in [-0.25, -0.2) is 0 Å². The van der Waals surface area contributed by atoms with E-state index in [1.165, 1.54) is 22.2 Å². The minimum absolute atomic E-state index is 0.206. The van der Waals surface area contributed by atoms with E-state index in [4.69, 9.17) is 11.6 Å². The molecule has 106 valence electrons. The summed E-state index contributed by atoms with van der Waals surface area (Å²) in [6.07, 6.45) is 1.03. The van der Waals surface area contributed by atoms with Crippen molar-refractivity contribution in [3.8, 4) is 0 Å². The fourth-order valence-electron chi connectivity index (χ4n) is 3.17. The molecular formula is C17H14BrClN2. The molecule has 21 heavy (non-hydrogen) atoms. The van der Waals surface area contributed by atoms with Crippen molar-refractivity contribution in [1.29, 1.82) is 0 Å². The molecule has 4 rings (SSSR count). The van der Waals surface area contributed by atoms with Crippen molar-refractivity contribution in [2.24, 2.45) is 0 Å². The van der Waals surface area contributed by atoms with Crippen LogP contribution >= 0.6 is 27.5 Å². The largest absolute Gasteiger partial charge is 0.357 e. The topological polar surface area (TPSA) is 27.8 Å². The van der Waals surface area contributed by atoms with Crippen molar-refractivity contribution >= 4 is 38.4 Å². The maximum atomic E-state index is 6.16. The molecule has 1 aromatic heterocycles. The zero-order chi connectivity index (χ0) is 14.4. The minimum atomic E-state index is 0.206. The van der Waals surface area contributed by atoms with Gasteiger partial charge >= 0.3 is 0 Å². The summed E-state index contributed by atoms with van der Waals surface area (Å²) in [5.74, 6) is 0. The lowest BCUT2D eigenvalue weighted by atomic mass is 9.94. The molecule has 2 heterocycles. The van der Waals surface area contributed by atoms with E-state index in [0.717, 1.165) is 28.0 Å². The summed E-state index contributed by atoms with van der Waals surface area (Å²) >= 11 is 9.71. The molecule has 1 unspecified atom stereocenters. The second kappa shape index (κ2) is 5.16. The first-order valence-corrected chi connectivity index (χ1v) is 8.18. The first kappa shape index (κ1) is 13.4. The van der Waals surface area contributed by atoms with Crippen molar-refractivity contribution in [3.63, 3.8) is 0 Å². The van der Waals surface area contributed by atoms with Gasteiger partial charge in [-0.1, -0.05) is 39.7 Å². The number of hydrogen-bond acceptors (Lipinski definition) is 1. The number of benzene rings is 2. The normalized spacial score (nSPS) is 17.9. The third-order valence-electron chi connectivity index (χ3n) is 4.10. The van der Waals surface area contributed by atoms with E-state index in [0.29, 0.717) is 0 Å². The summed E-state index contributed by atoms with van der Waals surface area (Å²) in [5, 5.41) is 5.65. The Morgan fingerprint density at radius 2 is 2.05 bits per heavy atom. The monoisotopic (exact) mass is 360 g/mol. The van der Waals surface area contributed by atoms with Gasteiger partial charge in [0.05, 0.1) is 6.04 Å². The van der Waals surface area contributed by atoms with E-state index in [9.17, 15) is 0 Å². The fraction of sp³-hybridized carbons (Fsp3) is 0.176. The van der Waals surface area contributed by atoms with Crippen LogP contribution in [0.5, 0.6) is 0 Å². The summed E-state index contributed by atoms with van der Waals surface area (Å²) in [4.78, 5) is 3.57. The fourth-order valence-corrected chi connectivity index (χ4v) is 3.76. The average molecular weight is 362 g/mol. The molecule has 0 spiro atoms. The zero-order valence-corrected chi connectivity index (χ0v) is 13.6. The summed E-state index contributed by atoms with van der Waals surface area (Å²) in [6, 6.07) is 14.7. The highest BCUT2D eigenvalue weighted by atomic mass is 79.9. The van der Waals surface area contributed by atoms with Crippen LogP contribution in [0.2, 0.25) is 5.02 Å². The molecule has 0 saturated heterocycles. The lowest BCUT2D eigenvalue weighted by molar-refractivity contribution is 0.560. The van der Waals surface area contributed by atoms with Gasteiger partial charge in [-0.05, 0) is 47.9 Å². The molecule has 2 nitrogen and oxygen atoms in total. The Bertz CT molecular complexity index is 825. The lowest BCUT2D eigenvalue weighted by Crippen LogP contribution is -2.30. The summed E-state index contributed by atoms with van der Waals surface area (Å²) < 4.78 is 1.10. The molecule has 0 amide bonds. The molecule has 2 N–H and O–H groups in total. The Balaban J connectivity index is 1.90. The number of aromatic nitrogens is 1. The second-order valence-corrected chi connectivity index (χ2v) is 6.75. The number of nitrogens with one attached hydrogen (secondary N) is 2. The van der Waals surface area contributed by atoms with E-state index < -0.39 is 0 Å². The Labute approximate surface area is 136 Å². The van der Waals surface area contributed by atoms with E-state index >= 15 is 0 Å². The van der Waals surface area contributed by atoms with Gasteiger partial charge in [-0.2, -0.15) is 0 Å². The molecule has 0 saturated carbocycles. The van der Waals surface area contributed by atoms with Gasteiger partial charge in [0.25, 0.3) is 0 Å². The number of H-pyrrole nitrogens is 1. The number of rotatable bonds is 1. The van der Waals surface area contributed by atoms with Crippen LogP contribution in [0.3, 0.4) is 0 Å². The summed E-state index contributed by atoms with van der Waals surface area (Å²) in [6.45, 7) is 0.976. The highest BCUT2D eigenvalue weighted by molar-refractivity contribution is 9.10. The Kier molecular flexibility index (Phi) is 3.29. The molecule has 1 aliphatic heterocycles. The van der Waals surface area contributed by atoms with Crippen molar-refractivity contribution in [1.82, 2.24) is 10.3 Å². The summed E-state index contributed by atoms with van der Waals surface area (Å²) in [5.41, 5.74) is 5.07. The van der Waals surface area contributed by atoms with Gasteiger partial charge in [0.2, 0.25) is 0 Å². The van der Waals surface area contributed by atoms with Gasteiger partial charge in [-0.15, -0.1) is 0 Å². The molecular weight excluding hydrogens is 348 g/mol. The highest BCUT2D eigenvalue weighted by Gasteiger charge is 2.25. The maximum Gasteiger partial charge on any atom is 0.0732 e. The Hall–Kier alpha value is -1.29. The Morgan fingerprint density at radius 3 is 2.90 bits per heavy atom. The molecule has 3 aromatic rings. The smallest absolute Gasteiger partial charge is 0.0732 e. The van der Waals surface area contributed by atoms with Crippen LogP contribution in [0.25, 0.3) is 10.9 Å². The molecule has 0 aliphatic carbocycles. The zero-order valence-electron chi connectivity index (χ0n) is 11.3. The predicted octanol–water partition coefficient (Wildman–Crippen LogP) is 4.82. The third-order valence-corrected chi connectivity index (χ3v) is 4.82. The molecule has 0 fully saturated rings. The van der Waals surface area contributed by atoms with Gasteiger partial charge < -0.3 is 10.3 Å². The molecule has 1 atom stereocenters. The molecule has 4 heteroatoms. The van der Waals surface area contributed by atoms with Crippen LogP contribution in [0, 0.1) is 0 Å². The summed E-state index contributed by atoms with van der Waals surface area (Å²) in [7, 11) is 0. The van der Waals surface area contributed by atoms with Crippen LogP contribution in [-0.4, -0.2) is 11.5 Å². The molecule has 0 bridgehead atoms. The van der Waals surface area contributed by atoms with Crippen LogP contribution in [0.1, 0.15) is 22.9 Å². The van der Waals surface area contributed by atoms with E-state index in [1.54, 1.807) is 0 Å². The van der Waals surface area contributed by atoms with Gasteiger partial charge in [0, 0.05) is 32.6 Å². The minimum Gasteiger partial charge on any atom is -0.357 e. The van der Waals surface area contributed by atoms with E-state index in [1.807, 2.05) is 6.07 Å². The number of fused-ring (bicyclic) bond motifs is 3. The predicted molar refractivity (Wildman–Crippen MR) is 91.0 cm³/mol. The quantitative estimate of drug-likeness (QED) is 0.639. The third kappa shape index (κ3) is 2.30. The maximum absolute atomic E-state index is 6.16. The van der Waals surface area contributed by atoms with Gasteiger partial charge in [0.15, 0.2) is 0 Å². The molecule has 0 radical (unpaired) electrons. The van der Waals surface area contributed by atoms with Gasteiger partial charge in [-0.3, -0.25) is 0 Å². The molecule has 1 aliphatic rings. The van der Waals surface area contributed by atoms with Crippen LogP contribution in [0.15, 0.2) is 46.9 Å².